The summed E-state index contributed by atoms with van der Waals surface area (Å²) in [6.45, 7) is 1.04. The minimum absolute atomic E-state index is 0.163. The van der Waals surface area contributed by atoms with Gasteiger partial charge < -0.3 is 10.4 Å². The second kappa shape index (κ2) is 6.76. The number of Topliss-reactive ketones (excluding diaryl/α,β-unsaturated/α-hetero) is 1. The van der Waals surface area contributed by atoms with Crippen molar-refractivity contribution in [2.24, 2.45) is 0 Å². The number of ketones is 1. The molecule has 0 saturated heterocycles. The lowest BCUT2D eigenvalue weighted by atomic mass is 10.1. The van der Waals surface area contributed by atoms with E-state index in [2.05, 4.69) is 5.32 Å². The molecular formula is C15H13F2NO3S. The summed E-state index contributed by atoms with van der Waals surface area (Å²) >= 11 is 1.08. The van der Waals surface area contributed by atoms with Crippen molar-refractivity contribution in [3.63, 3.8) is 0 Å². The molecule has 2 aromatic rings. The molecule has 4 nitrogen and oxygen atoms in total. The number of amides is 1. The maximum absolute atomic E-state index is 13.5. The summed E-state index contributed by atoms with van der Waals surface area (Å²) in [5.41, 5.74) is -0.0748. The van der Waals surface area contributed by atoms with E-state index in [1.54, 1.807) is 5.38 Å². The van der Waals surface area contributed by atoms with E-state index in [0.717, 1.165) is 23.5 Å². The Morgan fingerprint density at radius 3 is 2.50 bits per heavy atom. The Balaban J connectivity index is 2.02. The topological polar surface area (TPSA) is 66.4 Å². The van der Waals surface area contributed by atoms with Crippen LogP contribution in [0.5, 0.6) is 0 Å². The van der Waals surface area contributed by atoms with Crippen LogP contribution in [0.25, 0.3) is 0 Å². The summed E-state index contributed by atoms with van der Waals surface area (Å²) in [4.78, 5) is 23.3. The van der Waals surface area contributed by atoms with E-state index in [4.69, 9.17) is 0 Å². The van der Waals surface area contributed by atoms with Gasteiger partial charge in [0.1, 0.15) is 17.7 Å². The van der Waals surface area contributed by atoms with Crippen LogP contribution in [0.3, 0.4) is 0 Å². The third-order valence-electron chi connectivity index (χ3n) is 3.02. The molecule has 0 spiro atoms. The number of carbonyl (C=O) groups excluding carboxylic acids is 2. The zero-order chi connectivity index (χ0) is 16.3. The molecule has 0 saturated carbocycles. The predicted octanol–water partition coefficient (Wildman–Crippen LogP) is 2.69. The summed E-state index contributed by atoms with van der Waals surface area (Å²) in [6, 6.07) is 4.68. The fourth-order valence-electron chi connectivity index (χ4n) is 1.85. The van der Waals surface area contributed by atoms with Crippen molar-refractivity contribution in [2.45, 2.75) is 13.0 Å². The van der Waals surface area contributed by atoms with Crippen LogP contribution in [0.15, 0.2) is 29.6 Å². The molecule has 1 atom stereocenters. The molecule has 0 bridgehead atoms. The van der Waals surface area contributed by atoms with Crippen molar-refractivity contribution in [1.29, 1.82) is 0 Å². The van der Waals surface area contributed by atoms with E-state index >= 15 is 0 Å². The van der Waals surface area contributed by atoms with Gasteiger partial charge in [-0.3, -0.25) is 9.59 Å². The van der Waals surface area contributed by atoms with Crippen molar-refractivity contribution in [3.8, 4) is 0 Å². The number of thiophene rings is 1. The highest BCUT2D eigenvalue weighted by Crippen LogP contribution is 2.20. The van der Waals surface area contributed by atoms with Gasteiger partial charge in [-0.25, -0.2) is 8.78 Å². The van der Waals surface area contributed by atoms with Crippen LogP contribution >= 0.6 is 11.3 Å². The lowest BCUT2D eigenvalue weighted by molar-refractivity contribution is 0.0915. The summed E-state index contributed by atoms with van der Waals surface area (Å²) in [5.74, 6) is -2.44. The number of hydrogen-bond donors (Lipinski definition) is 2. The van der Waals surface area contributed by atoms with Crippen molar-refractivity contribution >= 4 is 23.0 Å². The maximum Gasteiger partial charge on any atom is 0.261 e. The number of halogens is 2. The third kappa shape index (κ3) is 3.55. The molecule has 0 aliphatic rings. The molecule has 1 aromatic carbocycles. The highest BCUT2D eigenvalue weighted by molar-refractivity contribution is 7.12. The van der Waals surface area contributed by atoms with Crippen LogP contribution in [-0.2, 0) is 0 Å². The van der Waals surface area contributed by atoms with Crippen LogP contribution in [0, 0.1) is 11.6 Å². The molecule has 1 unspecified atom stereocenters. The summed E-state index contributed by atoms with van der Waals surface area (Å²) in [6.07, 6.45) is -1.50. The zero-order valence-corrected chi connectivity index (χ0v) is 12.4. The standard InChI is InChI=1S/C15H13F2NO3S/c1-8(19)9-5-13(22-7-9)15(21)18-6-12(20)14-10(16)3-2-4-11(14)17/h2-5,7,12,20H,6H2,1H3,(H,18,21). The largest absolute Gasteiger partial charge is 0.386 e. The SMILES string of the molecule is CC(=O)c1csc(C(=O)NCC(O)c2c(F)cccc2F)c1. The average molecular weight is 325 g/mol. The van der Waals surface area contributed by atoms with Gasteiger partial charge in [-0.1, -0.05) is 6.07 Å². The smallest absolute Gasteiger partial charge is 0.261 e. The molecule has 0 fully saturated rings. The average Bonchev–Trinajstić information content (AvgIpc) is 2.94. The van der Waals surface area contributed by atoms with E-state index < -0.39 is 29.2 Å². The molecule has 0 aliphatic heterocycles. The molecule has 1 aromatic heterocycles. The third-order valence-corrected chi connectivity index (χ3v) is 3.95. The number of benzene rings is 1. The Bertz CT molecular complexity index is 694. The number of aliphatic hydroxyl groups excluding tert-OH is 1. The molecule has 1 amide bonds. The Morgan fingerprint density at radius 1 is 1.32 bits per heavy atom. The minimum atomic E-state index is -1.50. The van der Waals surface area contributed by atoms with Crippen LogP contribution in [0.2, 0.25) is 0 Å². The van der Waals surface area contributed by atoms with Gasteiger partial charge in [0.2, 0.25) is 0 Å². The molecule has 0 aliphatic carbocycles. The minimum Gasteiger partial charge on any atom is -0.386 e. The molecule has 7 heteroatoms. The van der Waals surface area contributed by atoms with E-state index in [-0.39, 0.29) is 17.2 Å². The van der Waals surface area contributed by atoms with E-state index in [9.17, 15) is 23.5 Å². The second-order valence-electron chi connectivity index (χ2n) is 4.62. The monoisotopic (exact) mass is 325 g/mol. The first-order valence-electron chi connectivity index (χ1n) is 6.39. The Labute approximate surface area is 129 Å². The molecule has 2 N–H and O–H groups in total. The number of aliphatic hydroxyl groups is 1. The van der Waals surface area contributed by atoms with E-state index in [0.29, 0.717) is 5.56 Å². The molecule has 116 valence electrons. The highest BCUT2D eigenvalue weighted by atomic mass is 32.1. The fourth-order valence-corrected chi connectivity index (χ4v) is 2.71. The van der Waals surface area contributed by atoms with Crippen LogP contribution in [0.4, 0.5) is 8.78 Å². The van der Waals surface area contributed by atoms with E-state index in [1.807, 2.05) is 0 Å². The van der Waals surface area contributed by atoms with Gasteiger partial charge in [-0.15, -0.1) is 11.3 Å². The maximum atomic E-state index is 13.5. The van der Waals surface area contributed by atoms with E-state index in [1.165, 1.54) is 19.1 Å². The van der Waals surface area contributed by atoms with Gasteiger partial charge in [0, 0.05) is 17.5 Å². The predicted molar refractivity (Wildman–Crippen MR) is 78.0 cm³/mol. The summed E-state index contributed by atoms with van der Waals surface area (Å²) < 4.78 is 27.0. The van der Waals surface area contributed by atoms with Crippen LogP contribution < -0.4 is 5.32 Å². The zero-order valence-electron chi connectivity index (χ0n) is 11.6. The first-order chi connectivity index (χ1) is 10.4. The quantitative estimate of drug-likeness (QED) is 0.831. The Kier molecular flexibility index (Phi) is 4.99. The number of nitrogens with one attached hydrogen (secondary N) is 1. The Morgan fingerprint density at radius 2 is 1.95 bits per heavy atom. The van der Waals surface area contributed by atoms with Gasteiger partial charge >= 0.3 is 0 Å². The Hall–Kier alpha value is -2.12. The normalized spacial score (nSPS) is 12.0. The lowest BCUT2D eigenvalue weighted by Crippen LogP contribution is -2.28. The number of carbonyl (C=O) groups is 2. The highest BCUT2D eigenvalue weighted by Gasteiger charge is 2.19. The number of hydrogen-bond acceptors (Lipinski definition) is 4. The summed E-state index contributed by atoms with van der Waals surface area (Å²) in [5, 5.41) is 13.8. The van der Waals surface area contributed by atoms with Gasteiger partial charge in [0.05, 0.1) is 10.4 Å². The second-order valence-corrected chi connectivity index (χ2v) is 5.53. The molecule has 0 radical (unpaired) electrons. The van der Waals surface area contributed by atoms with Gasteiger partial charge in [-0.2, -0.15) is 0 Å². The van der Waals surface area contributed by atoms with Gasteiger partial charge in [0.25, 0.3) is 5.91 Å². The molecular weight excluding hydrogens is 312 g/mol. The fraction of sp³-hybridized carbons (Fsp3) is 0.200. The van der Waals surface area contributed by atoms with Crippen molar-refractivity contribution in [1.82, 2.24) is 5.32 Å². The van der Waals surface area contributed by atoms with Crippen molar-refractivity contribution < 1.29 is 23.5 Å². The first kappa shape index (κ1) is 16.3. The molecule has 2 rings (SSSR count). The van der Waals surface area contributed by atoms with Gasteiger partial charge in [0.15, 0.2) is 5.78 Å². The van der Waals surface area contributed by atoms with Crippen LogP contribution in [0.1, 0.15) is 38.6 Å². The summed E-state index contributed by atoms with van der Waals surface area (Å²) in [7, 11) is 0. The first-order valence-corrected chi connectivity index (χ1v) is 7.27. The lowest BCUT2D eigenvalue weighted by Gasteiger charge is -2.13. The van der Waals surface area contributed by atoms with Crippen LogP contribution in [-0.4, -0.2) is 23.3 Å². The van der Waals surface area contributed by atoms with Gasteiger partial charge in [-0.05, 0) is 25.1 Å². The van der Waals surface area contributed by atoms with Crippen molar-refractivity contribution in [3.05, 3.63) is 57.3 Å². The molecule has 22 heavy (non-hydrogen) atoms. The molecule has 1 heterocycles. The van der Waals surface area contributed by atoms with Crippen molar-refractivity contribution in [2.75, 3.05) is 6.54 Å². The number of rotatable bonds is 5.